The van der Waals surface area contributed by atoms with Crippen molar-refractivity contribution in [1.82, 2.24) is 4.90 Å². The van der Waals surface area contributed by atoms with Crippen LogP contribution in [0.2, 0.25) is 0 Å². The third kappa shape index (κ3) is 16.7. The minimum absolute atomic E-state index is 0.0980. The van der Waals surface area contributed by atoms with Crippen LogP contribution >= 0.6 is 0 Å². The summed E-state index contributed by atoms with van der Waals surface area (Å²) < 4.78 is 25.3. The maximum Gasteiger partial charge on any atom is 0.0936 e. The number of unbranched alkanes of at least 4 members (excludes halogenated alkanes) is 10. The molecule has 4 fully saturated rings. The van der Waals surface area contributed by atoms with Crippen LogP contribution in [-0.4, -0.2) is 76.4 Å². The average molecular weight is 864 g/mol. The fraction of sp³-hybridized carbons (Fsp3) is 0.895. The van der Waals surface area contributed by atoms with Gasteiger partial charge in [0, 0.05) is 19.7 Å². The van der Waals surface area contributed by atoms with Gasteiger partial charge in [0.05, 0.1) is 45.2 Å². The maximum absolute atomic E-state index is 6.52. The molecular weight excluding hydrogens is 763 g/mol. The van der Waals surface area contributed by atoms with Gasteiger partial charge in [-0.05, 0) is 155 Å². The average Bonchev–Trinajstić information content (AvgIpc) is 3.77. The number of ether oxygens (including phenoxy) is 4. The van der Waals surface area contributed by atoms with Crippen LogP contribution in [0.4, 0.5) is 0 Å². The number of hydrogen-bond acceptors (Lipinski definition) is 5. The first kappa shape index (κ1) is 52.0. The zero-order chi connectivity index (χ0) is 44.1. The first-order valence-corrected chi connectivity index (χ1v) is 27.1. The largest absolute Gasteiger partial charge is 0.379 e. The topological polar surface area (TPSA) is 40.2 Å². The first-order valence-electron chi connectivity index (χ1n) is 27.1. The molecule has 0 aromatic heterocycles. The van der Waals surface area contributed by atoms with Crippen molar-refractivity contribution in [3.8, 4) is 0 Å². The summed E-state index contributed by atoms with van der Waals surface area (Å²) in [5.41, 5.74) is 3.11. The van der Waals surface area contributed by atoms with E-state index in [2.05, 4.69) is 83.7 Å². The lowest BCUT2D eigenvalue weighted by atomic mass is 9.47. The van der Waals surface area contributed by atoms with Gasteiger partial charge in [0.1, 0.15) is 0 Å². The van der Waals surface area contributed by atoms with Gasteiger partial charge in [-0.1, -0.05) is 142 Å². The van der Waals surface area contributed by atoms with Gasteiger partial charge in [-0.3, -0.25) is 0 Å². The molecule has 0 aromatic rings. The Bertz CT molecular complexity index is 1310. The monoisotopic (exact) mass is 864 g/mol. The molecule has 0 N–H and O–H groups in total. The molecule has 0 amide bonds. The summed E-state index contributed by atoms with van der Waals surface area (Å²) in [5, 5.41) is 0. The zero-order valence-electron chi connectivity index (χ0n) is 42.1. The van der Waals surface area contributed by atoms with Crippen molar-refractivity contribution in [1.29, 1.82) is 0 Å². The van der Waals surface area contributed by atoms with E-state index >= 15 is 0 Å². The molecule has 358 valence electrons. The van der Waals surface area contributed by atoms with Crippen LogP contribution in [0.5, 0.6) is 0 Å². The second kappa shape index (κ2) is 27.6. The summed E-state index contributed by atoms with van der Waals surface area (Å²) >= 11 is 0. The van der Waals surface area contributed by atoms with E-state index in [1.807, 2.05) is 0 Å². The number of hydrogen-bond donors (Lipinski definition) is 0. The van der Waals surface area contributed by atoms with E-state index in [1.54, 1.807) is 5.57 Å². The molecule has 5 aliphatic rings. The maximum atomic E-state index is 6.52. The highest BCUT2D eigenvalue weighted by Crippen LogP contribution is 2.67. The highest BCUT2D eigenvalue weighted by molar-refractivity contribution is 5.25. The molecule has 4 aliphatic carbocycles. The van der Waals surface area contributed by atoms with E-state index in [1.165, 1.54) is 141 Å². The molecule has 5 nitrogen and oxygen atoms in total. The summed E-state index contributed by atoms with van der Waals surface area (Å²) in [7, 11) is 0. The fourth-order valence-corrected chi connectivity index (χ4v) is 13.2. The van der Waals surface area contributed by atoms with Gasteiger partial charge in [0.15, 0.2) is 0 Å². The highest BCUT2D eigenvalue weighted by atomic mass is 16.6. The van der Waals surface area contributed by atoms with E-state index in [0.717, 1.165) is 75.1 Å². The number of likely N-dealkylation sites (tertiary alicyclic amines) is 1. The van der Waals surface area contributed by atoms with Gasteiger partial charge in [0.2, 0.25) is 0 Å². The third-order valence-corrected chi connectivity index (χ3v) is 17.0. The fourth-order valence-electron chi connectivity index (χ4n) is 13.2. The SMILES string of the molecule is CCCCCC=CCC=CCCCCCCCCOCC(CN1CCC(C)(C)C1)OCCOCCOC1CCC2(C)C(=CCC3C2CCC2(C)C(CCCCC(C)C)CCC32)C1. The van der Waals surface area contributed by atoms with Gasteiger partial charge >= 0.3 is 0 Å². The summed E-state index contributed by atoms with van der Waals surface area (Å²) in [4.78, 5) is 2.58. The van der Waals surface area contributed by atoms with Crippen LogP contribution < -0.4 is 0 Å². The number of nitrogens with zero attached hydrogens (tertiary/aromatic N) is 1. The molecule has 5 rings (SSSR count). The summed E-state index contributed by atoms with van der Waals surface area (Å²) in [6, 6.07) is 0. The highest BCUT2D eigenvalue weighted by Gasteiger charge is 2.58. The normalized spacial score (nSPS) is 30.3. The Morgan fingerprint density at radius 1 is 0.726 bits per heavy atom. The van der Waals surface area contributed by atoms with E-state index in [9.17, 15) is 0 Å². The van der Waals surface area contributed by atoms with Crippen LogP contribution in [0.3, 0.4) is 0 Å². The molecule has 8 unspecified atom stereocenters. The molecule has 8 atom stereocenters. The number of allylic oxidation sites excluding steroid dienone is 5. The first-order chi connectivity index (χ1) is 30.0. The molecule has 5 heteroatoms. The van der Waals surface area contributed by atoms with E-state index in [0.29, 0.717) is 55.4 Å². The predicted molar refractivity (Wildman–Crippen MR) is 264 cm³/mol. The van der Waals surface area contributed by atoms with Gasteiger partial charge in [-0.25, -0.2) is 0 Å². The predicted octanol–water partition coefficient (Wildman–Crippen LogP) is 15.1. The van der Waals surface area contributed by atoms with Crippen LogP contribution in [0, 0.1) is 45.8 Å². The summed E-state index contributed by atoms with van der Waals surface area (Å²) in [6.07, 6.45) is 45.7. The van der Waals surface area contributed by atoms with E-state index in [-0.39, 0.29) is 6.10 Å². The lowest BCUT2D eigenvalue weighted by Gasteiger charge is -2.58. The van der Waals surface area contributed by atoms with E-state index < -0.39 is 0 Å². The Kier molecular flexibility index (Phi) is 23.2. The smallest absolute Gasteiger partial charge is 0.0936 e. The zero-order valence-corrected chi connectivity index (χ0v) is 42.1. The molecule has 0 bridgehead atoms. The van der Waals surface area contributed by atoms with Crippen molar-refractivity contribution >= 4 is 0 Å². The second-order valence-electron chi connectivity index (χ2n) is 22.9. The Hall–Kier alpha value is -0.980. The summed E-state index contributed by atoms with van der Waals surface area (Å²) in [5.74, 6) is 4.55. The van der Waals surface area contributed by atoms with Crippen molar-refractivity contribution in [3.63, 3.8) is 0 Å². The van der Waals surface area contributed by atoms with Gasteiger partial charge < -0.3 is 23.8 Å². The Balaban J connectivity index is 0.914. The van der Waals surface area contributed by atoms with Crippen molar-refractivity contribution in [2.75, 3.05) is 59.3 Å². The molecule has 1 heterocycles. The minimum Gasteiger partial charge on any atom is -0.379 e. The number of rotatable bonds is 32. The van der Waals surface area contributed by atoms with Crippen molar-refractivity contribution in [3.05, 3.63) is 36.0 Å². The minimum atomic E-state index is 0.0980. The van der Waals surface area contributed by atoms with Gasteiger partial charge in [-0.15, -0.1) is 0 Å². The van der Waals surface area contributed by atoms with Gasteiger partial charge in [0.25, 0.3) is 0 Å². The molecule has 0 spiro atoms. The number of fused-ring (bicyclic) bond motifs is 5. The third-order valence-electron chi connectivity index (χ3n) is 17.0. The lowest BCUT2D eigenvalue weighted by Crippen LogP contribution is -2.50. The quantitative estimate of drug-likeness (QED) is 0.0498. The van der Waals surface area contributed by atoms with Crippen molar-refractivity contribution < 1.29 is 18.9 Å². The van der Waals surface area contributed by atoms with Crippen LogP contribution in [0.1, 0.15) is 209 Å². The molecule has 0 aromatic carbocycles. The standard InChI is InChI=1S/C57H101NO4/c1-8-9-10-11-12-13-14-15-16-17-18-19-20-21-22-25-38-60-45-51(44-58-37-36-55(4,5)46-58)62-42-40-59-39-41-61-50-32-34-57(7)49(43-50)28-30-52-53-31-29-48(27-24-23-26-47(2)3)56(53,6)35-33-54(52)57/h12-13,15-16,28,47-48,50-54H,8-11,14,17-27,29-46H2,1-7H3. The second-order valence-corrected chi connectivity index (χ2v) is 22.9. The van der Waals surface area contributed by atoms with Crippen molar-refractivity contribution in [2.24, 2.45) is 45.8 Å². The van der Waals surface area contributed by atoms with Crippen LogP contribution in [0.25, 0.3) is 0 Å². The summed E-state index contributed by atoms with van der Waals surface area (Å²) in [6.45, 7) is 24.5. The Labute approximate surface area is 384 Å². The lowest BCUT2D eigenvalue weighted by molar-refractivity contribution is -0.0707. The van der Waals surface area contributed by atoms with Crippen molar-refractivity contribution in [2.45, 2.75) is 221 Å². The van der Waals surface area contributed by atoms with E-state index in [4.69, 9.17) is 18.9 Å². The molecule has 0 radical (unpaired) electrons. The van der Waals surface area contributed by atoms with Crippen LogP contribution in [0.15, 0.2) is 36.0 Å². The Morgan fingerprint density at radius 3 is 2.24 bits per heavy atom. The van der Waals surface area contributed by atoms with Crippen LogP contribution in [-0.2, 0) is 18.9 Å². The Morgan fingerprint density at radius 2 is 1.48 bits per heavy atom. The molecule has 62 heavy (non-hydrogen) atoms. The molecule has 1 aliphatic heterocycles. The molecular formula is C57H101NO4. The molecule has 1 saturated heterocycles. The molecule has 3 saturated carbocycles. The van der Waals surface area contributed by atoms with Gasteiger partial charge in [-0.2, -0.15) is 0 Å².